The van der Waals surface area contributed by atoms with Crippen LogP contribution in [-0.2, 0) is 0 Å². The first-order valence-corrected chi connectivity index (χ1v) is 4.09. The summed E-state index contributed by atoms with van der Waals surface area (Å²) in [7, 11) is 0. The number of anilines is 1. The molecule has 0 aromatic heterocycles. The molecule has 0 atom stereocenters. The first-order valence-electron chi connectivity index (χ1n) is 4.09. The van der Waals surface area contributed by atoms with Crippen molar-refractivity contribution in [1.82, 2.24) is 0 Å². The summed E-state index contributed by atoms with van der Waals surface area (Å²) >= 11 is 0. The van der Waals surface area contributed by atoms with E-state index in [1.54, 1.807) is 24.3 Å². The molecule has 0 bridgehead atoms. The molecule has 0 heterocycles. The molecule has 2 rings (SSSR count). The van der Waals surface area contributed by atoms with Crippen LogP contribution in [0.3, 0.4) is 0 Å². The Labute approximate surface area is 80.4 Å². The van der Waals surface area contributed by atoms with Gasteiger partial charge in [-0.1, -0.05) is 6.07 Å². The number of nitrogens with zero attached hydrogens (tertiary/aromatic N) is 1. The van der Waals surface area contributed by atoms with E-state index in [0.717, 1.165) is 5.39 Å². The summed E-state index contributed by atoms with van der Waals surface area (Å²) in [6, 6.07) is 9.97. The maximum atomic E-state index is 13.1. The molecule has 0 saturated carbocycles. The normalized spacial score (nSPS) is 10.0. The average Bonchev–Trinajstić information content (AvgIpc) is 2.19. The van der Waals surface area contributed by atoms with E-state index < -0.39 is 5.82 Å². The van der Waals surface area contributed by atoms with E-state index in [4.69, 9.17) is 11.0 Å². The fraction of sp³-hybridized carbons (Fsp3) is 0. The van der Waals surface area contributed by atoms with Crippen molar-refractivity contribution in [3.63, 3.8) is 0 Å². The van der Waals surface area contributed by atoms with Gasteiger partial charge in [0.05, 0.1) is 17.3 Å². The van der Waals surface area contributed by atoms with E-state index in [9.17, 15) is 4.39 Å². The van der Waals surface area contributed by atoms with Gasteiger partial charge in [0.2, 0.25) is 0 Å². The van der Waals surface area contributed by atoms with Crippen LogP contribution in [0.1, 0.15) is 5.56 Å². The van der Waals surface area contributed by atoms with Gasteiger partial charge in [-0.25, -0.2) is 4.39 Å². The summed E-state index contributed by atoms with van der Waals surface area (Å²) < 4.78 is 13.1. The second-order valence-corrected chi connectivity index (χ2v) is 3.05. The van der Waals surface area contributed by atoms with Crippen molar-refractivity contribution >= 4 is 16.5 Å². The van der Waals surface area contributed by atoms with Crippen molar-refractivity contribution in [3.8, 4) is 6.07 Å². The highest BCUT2D eigenvalue weighted by atomic mass is 19.1. The van der Waals surface area contributed by atoms with Crippen LogP contribution in [0.2, 0.25) is 0 Å². The lowest BCUT2D eigenvalue weighted by atomic mass is 10.1. The molecule has 2 aromatic carbocycles. The van der Waals surface area contributed by atoms with Gasteiger partial charge in [0.25, 0.3) is 0 Å². The second-order valence-electron chi connectivity index (χ2n) is 3.05. The third-order valence-electron chi connectivity index (χ3n) is 2.08. The van der Waals surface area contributed by atoms with Crippen molar-refractivity contribution in [2.45, 2.75) is 0 Å². The highest BCUT2D eigenvalue weighted by molar-refractivity contribution is 5.86. The third kappa shape index (κ3) is 1.27. The van der Waals surface area contributed by atoms with Gasteiger partial charge in [-0.05, 0) is 35.0 Å². The minimum absolute atomic E-state index is 0.127. The summed E-state index contributed by atoms with van der Waals surface area (Å²) in [6.45, 7) is 0. The quantitative estimate of drug-likeness (QED) is 0.642. The summed E-state index contributed by atoms with van der Waals surface area (Å²) in [5.41, 5.74) is 6.06. The molecular formula is C11H7FN2. The van der Waals surface area contributed by atoms with E-state index in [1.165, 1.54) is 6.07 Å². The Kier molecular flexibility index (Phi) is 1.83. The minimum Gasteiger partial charge on any atom is -0.396 e. The SMILES string of the molecule is N#Cc1ccc2cc(N)c(F)cc2c1. The number of hydrogen-bond donors (Lipinski definition) is 1. The molecule has 0 fully saturated rings. The maximum Gasteiger partial charge on any atom is 0.146 e. The number of rotatable bonds is 0. The molecule has 0 aliphatic rings. The summed E-state index contributed by atoms with van der Waals surface area (Å²) in [5.74, 6) is -0.451. The molecule has 0 spiro atoms. The smallest absolute Gasteiger partial charge is 0.146 e. The lowest BCUT2D eigenvalue weighted by Gasteiger charge is -2.01. The maximum absolute atomic E-state index is 13.1. The van der Waals surface area contributed by atoms with Gasteiger partial charge in [0, 0.05) is 0 Å². The van der Waals surface area contributed by atoms with Gasteiger partial charge in [-0.15, -0.1) is 0 Å². The Bertz CT molecular complexity index is 541. The van der Waals surface area contributed by atoms with Crippen LogP contribution in [0.4, 0.5) is 10.1 Å². The molecule has 0 aliphatic carbocycles. The van der Waals surface area contributed by atoms with E-state index in [2.05, 4.69) is 0 Å². The molecule has 0 aliphatic heterocycles. The van der Waals surface area contributed by atoms with Crippen LogP contribution in [-0.4, -0.2) is 0 Å². The number of halogens is 1. The highest BCUT2D eigenvalue weighted by Gasteiger charge is 2.01. The van der Waals surface area contributed by atoms with Gasteiger partial charge >= 0.3 is 0 Å². The summed E-state index contributed by atoms with van der Waals surface area (Å²) in [4.78, 5) is 0. The molecule has 3 heteroatoms. The van der Waals surface area contributed by atoms with Crippen molar-refractivity contribution in [3.05, 3.63) is 41.7 Å². The van der Waals surface area contributed by atoms with Crippen molar-refractivity contribution < 1.29 is 4.39 Å². The van der Waals surface area contributed by atoms with E-state index in [1.807, 2.05) is 6.07 Å². The number of fused-ring (bicyclic) bond motifs is 1. The topological polar surface area (TPSA) is 49.8 Å². The number of nitrogen functional groups attached to an aromatic ring is 1. The van der Waals surface area contributed by atoms with Crippen LogP contribution >= 0.6 is 0 Å². The van der Waals surface area contributed by atoms with Gasteiger partial charge in [0.15, 0.2) is 0 Å². The Hall–Kier alpha value is -2.08. The number of benzene rings is 2. The molecular weight excluding hydrogens is 179 g/mol. The molecule has 0 amide bonds. The van der Waals surface area contributed by atoms with Gasteiger partial charge in [0.1, 0.15) is 5.82 Å². The molecule has 2 nitrogen and oxygen atoms in total. The number of nitrogens with two attached hydrogens (primary N) is 1. The molecule has 2 N–H and O–H groups in total. The van der Waals surface area contributed by atoms with Crippen LogP contribution in [0.15, 0.2) is 30.3 Å². The molecule has 0 radical (unpaired) electrons. The average molecular weight is 186 g/mol. The van der Waals surface area contributed by atoms with E-state index >= 15 is 0 Å². The predicted octanol–water partition coefficient (Wildman–Crippen LogP) is 2.43. The molecule has 14 heavy (non-hydrogen) atoms. The second kappa shape index (κ2) is 3.00. The van der Waals surface area contributed by atoms with E-state index in [-0.39, 0.29) is 5.69 Å². The lowest BCUT2D eigenvalue weighted by molar-refractivity contribution is 0.634. The first kappa shape index (κ1) is 8.52. The molecule has 2 aromatic rings. The standard InChI is InChI=1S/C11H7FN2/c12-10-4-9-3-7(6-13)1-2-8(9)5-11(10)14/h1-5H,14H2. The van der Waals surface area contributed by atoms with Gasteiger partial charge in [-0.3, -0.25) is 0 Å². The van der Waals surface area contributed by atoms with Crippen LogP contribution in [0, 0.1) is 17.1 Å². The fourth-order valence-electron chi connectivity index (χ4n) is 1.36. The van der Waals surface area contributed by atoms with Crippen molar-refractivity contribution in [2.24, 2.45) is 0 Å². The van der Waals surface area contributed by atoms with Gasteiger partial charge in [-0.2, -0.15) is 5.26 Å². The largest absolute Gasteiger partial charge is 0.396 e. The van der Waals surface area contributed by atoms with Crippen LogP contribution in [0.5, 0.6) is 0 Å². The van der Waals surface area contributed by atoms with Crippen LogP contribution < -0.4 is 5.73 Å². The highest BCUT2D eigenvalue weighted by Crippen LogP contribution is 2.21. The fourth-order valence-corrected chi connectivity index (χ4v) is 1.36. The van der Waals surface area contributed by atoms with Crippen LogP contribution in [0.25, 0.3) is 10.8 Å². The summed E-state index contributed by atoms with van der Waals surface area (Å²) in [6.07, 6.45) is 0. The Morgan fingerprint density at radius 2 is 1.93 bits per heavy atom. The zero-order chi connectivity index (χ0) is 10.1. The van der Waals surface area contributed by atoms with Gasteiger partial charge < -0.3 is 5.73 Å². The number of nitriles is 1. The lowest BCUT2D eigenvalue weighted by Crippen LogP contribution is -1.90. The Morgan fingerprint density at radius 1 is 1.14 bits per heavy atom. The summed E-state index contributed by atoms with van der Waals surface area (Å²) in [5, 5.41) is 10.2. The number of hydrogen-bond acceptors (Lipinski definition) is 2. The Balaban J connectivity index is 2.78. The molecule has 68 valence electrons. The van der Waals surface area contributed by atoms with E-state index in [0.29, 0.717) is 10.9 Å². The third-order valence-corrected chi connectivity index (χ3v) is 2.08. The molecule has 0 saturated heterocycles. The zero-order valence-electron chi connectivity index (χ0n) is 7.29. The monoisotopic (exact) mass is 186 g/mol. The van der Waals surface area contributed by atoms with Crippen molar-refractivity contribution in [2.75, 3.05) is 5.73 Å². The molecule has 0 unspecified atom stereocenters. The minimum atomic E-state index is -0.451. The Morgan fingerprint density at radius 3 is 2.64 bits per heavy atom. The predicted molar refractivity (Wildman–Crippen MR) is 53.0 cm³/mol. The first-order chi connectivity index (χ1) is 6.70. The zero-order valence-corrected chi connectivity index (χ0v) is 7.29. The van der Waals surface area contributed by atoms with Crippen molar-refractivity contribution in [1.29, 1.82) is 5.26 Å².